The Morgan fingerprint density at radius 3 is 2.00 bits per heavy atom. The van der Waals surface area contributed by atoms with Crippen molar-refractivity contribution < 1.29 is 14.6 Å². The first-order chi connectivity index (χ1) is 10.6. The van der Waals surface area contributed by atoms with Gasteiger partial charge in [0.25, 0.3) is 0 Å². The second-order valence-corrected chi connectivity index (χ2v) is 5.16. The van der Waals surface area contributed by atoms with E-state index < -0.39 is 18.1 Å². The monoisotopic (exact) mass is 299 g/mol. The van der Waals surface area contributed by atoms with Crippen LogP contribution in [0.5, 0.6) is 0 Å². The minimum Gasteiger partial charge on any atom is -0.467 e. The van der Waals surface area contributed by atoms with E-state index in [0.29, 0.717) is 0 Å². The molecule has 2 N–H and O–H groups in total. The van der Waals surface area contributed by atoms with Crippen molar-refractivity contribution in [1.82, 2.24) is 5.32 Å². The maximum atomic E-state index is 11.7. The molecular weight excluding hydrogens is 278 g/mol. The number of methoxy groups -OCH3 is 1. The summed E-state index contributed by atoms with van der Waals surface area (Å²) in [5, 5.41) is 13.6. The summed E-state index contributed by atoms with van der Waals surface area (Å²) in [6.45, 7) is 2.00. The molecule has 4 heteroatoms. The molecule has 2 aromatic carbocycles. The Balaban J connectivity index is 2.23. The van der Waals surface area contributed by atoms with E-state index in [-0.39, 0.29) is 6.04 Å². The van der Waals surface area contributed by atoms with E-state index in [9.17, 15) is 9.90 Å². The summed E-state index contributed by atoms with van der Waals surface area (Å²) in [5.41, 5.74) is 1.92. The van der Waals surface area contributed by atoms with Crippen molar-refractivity contribution in [3.63, 3.8) is 0 Å². The number of carbonyl (C=O) groups is 1. The van der Waals surface area contributed by atoms with Gasteiger partial charge in [0.1, 0.15) is 0 Å². The third-order valence-electron chi connectivity index (χ3n) is 3.65. The second kappa shape index (κ2) is 7.73. The molecule has 0 aliphatic heterocycles. The van der Waals surface area contributed by atoms with Crippen LogP contribution in [0, 0.1) is 0 Å². The number of nitrogens with one attached hydrogen (secondary N) is 1. The minimum absolute atomic E-state index is 0.0225. The van der Waals surface area contributed by atoms with Crippen LogP contribution in [-0.2, 0) is 9.53 Å². The van der Waals surface area contributed by atoms with E-state index in [1.54, 1.807) is 0 Å². The van der Waals surface area contributed by atoms with E-state index >= 15 is 0 Å². The summed E-state index contributed by atoms with van der Waals surface area (Å²) in [7, 11) is 1.27. The number of hydrogen-bond acceptors (Lipinski definition) is 4. The van der Waals surface area contributed by atoms with Crippen molar-refractivity contribution in [3.05, 3.63) is 71.8 Å². The third-order valence-corrected chi connectivity index (χ3v) is 3.65. The maximum absolute atomic E-state index is 11.7. The molecular formula is C18H21NO3. The van der Waals surface area contributed by atoms with Crippen molar-refractivity contribution in [2.24, 2.45) is 0 Å². The van der Waals surface area contributed by atoms with Gasteiger partial charge in [0, 0.05) is 6.04 Å². The Labute approximate surface area is 130 Å². The first-order valence-electron chi connectivity index (χ1n) is 7.25. The number of aliphatic hydroxyl groups is 1. The molecule has 0 amide bonds. The number of hydrogen-bond donors (Lipinski definition) is 2. The SMILES string of the molecule is COC(=O)[C@H](O)[C@H](N[C@@H](C)c1ccccc1)c1ccccc1. The Bertz CT molecular complexity index is 586. The number of benzene rings is 2. The van der Waals surface area contributed by atoms with Gasteiger partial charge in [0.2, 0.25) is 0 Å². The molecule has 0 saturated heterocycles. The summed E-state index contributed by atoms with van der Waals surface area (Å²) in [4.78, 5) is 11.7. The fourth-order valence-electron chi connectivity index (χ4n) is 2.39. The van der Waals surface area contributed by atoms with Gasteiger partial charge in [0.15, 0.2) is 6.10 Å². The number of ether oxygens (including phenoxy) is 1. The molecule has 0 fully saturated rings. The fourth-order valence-corrected chi connectivity index (χ4v) is 2.39. The summed E-state index contributed by atoms with van der Waals surface area (Å²) in [5.74, 6) is -0.651. The highest BCUT2D eigenvalue weighted by atomic mass is 16.5. The molecule has 0 heterocycles. The zero-order valence-electron chi connectivity index (χ0n) is 12.8. The van der Waals surface area contributed by atoms with Gasteiger partial charge in [-0.15, -0.1) is 0 Å². The van der Waals surface area contributed by atoms with Crippen LogP contribution in [0.25, 0.3) is 0 Å². The molecule has 0 aliphatic carbocycles. The average molecular weight is 299 g/mol. The summed E-state index contributed by atoms with van der Waals surface area (Å²) >= 11 is 0. The van der Waals surface area contributed by atoms with Gasteiger partial charge < -0.3 is 15.2 Å². The summed E-state index contributed by atoms with van der Waals surface area (Å²) < 4.78 is 4.67. The van der Waals surface area contributed by atoms with Crippen LogP contribution in [-0.4, -0.2) is 24.3 Å². The lowest BCUT2D eigenvalue weighted by Gasteiger charge is -2.27. The van der Waals surface area contributed by atoms with Crippen LogP contribution >= 0.6 is 0 Å². The third kappa shape index (κ3) is 3.93. The van der Waals surface area contributed by atoms with Crippen LogP contribution < -0.4 is 5.32 Å². The normalized spacial score (nSPS) is 14.9. The molecule has 2 aromatic rings. The van der Waals surface area contributed by atoms with E-state index in [4.69, 9.17) is 0 Å². The smallest absolute Gasteiger partial charge is 0.336 e. The highest BCUT2D eigenvalue weighted by Crippen LogP contribution is 2.23. The first-order valence-corrected chi connectivity index (χ1v) is 7.25. The topological polar surface area (TPSA) is 58.6 Å². The van der Waals surface area contributed by atoms with Crippen LogP contribution in [0.1, 0.15) is 30.1 Å². The molecule has 2 rings (SSSR count). The largest absolute Gasteiger partial charge is 0.467 e. The van der Waals surface area contributed by atoms with Crippen LogP contribution in [0.2, 0.25) is 0 Å². The highest BCUT2D eigenvalue weighted by molar-refractivity contribution is 5.75. The van der Waals surface area contributed by atoms with Gasteiger partial charge in [-0.1, -0.05) is 60.7 Å². The molecule has 0 radical (unpaired) electrons. The Morgan fingerprint density at radius 1 is 1.00 bits per heavy atom. The molecule has 22 heavy (non-hydrogen) atoms. The molecule has 0 unspecified atom stereocenters. The van der Waals surface area contributed by atoms with Crippen LogP contribution in [0.3, 0.4) is 0 Å². The standard InChI is InChI=1S/C18H21NO3/c1-13(14-9-5-3-6-10-14)19-16(17(20)18(21)22-2)15-11-7-4-8-12-15/h3-13,16-17,19-20H,1-2H3/t13-,16+,17+/m0/s1. The Morgan fingerprint density at radius 2 is 1.50 bits per heavy atom. The van der Waals surface area contributed by atoms with Gasteiger partial charge >= 0.3 is 5.97 Å². The zero-order chi connectivity index (χ0) is 15.9. The number of esters is 1. The van der Waals surface area contributed by atoms with Crippen LogP contribution in [0.4, 0.5) is 0 Å². The molecule has 3 atom stereocenters. The predicted octanol–water partition coefficient (Wildman–Crippen LogP) is 2.61. The molecule has 4 nitrogen and oxygen atoms in total. The predicted molar refractivity (Wildman–Crippen MR) is 85.2 cm³/mol. The molecule has 0 saturated carbocycles. The zero-order valence-corrected chi connectivity index (χ0v) is 12.8. The van der Waals surface area contributed by atoms with Crippen molar-refractivity contribution >= 4 is 5.97 Å². The fraction of sp³-hybridized carbons (Fsp3) is 0.278. The highest BCUT2D eigenvalue weighted by Gasteiger charge is 2.29. The van der Waals surface area contributed by atoms with Gasteiger partial charge in [-0.05, 0) is 18.1 Å². The Hall–Kier alpha value is -2.17. The van der Waals surface area contributed by atoms with E-state index in [1.807, 2.05) is 67.6 Å². The average Bonchev–Trinajstić information content (AvgIpc) is 2.59. The minimum atomic E-state index is -1.27. The van der Waals surface area contributed by atoms with Gasteiger partial charge in [-0.2, -0.15) is 0 Å². The number of carbonyl (C=O) groups excluding carboxylic acids is 1. The Kier molecular flexibility index (Phi) is 5.69. The van der Waals surface area contributed by atoms with Crippen molar-refractivity contribution in [1.29, 1.82) is 0 Å². The molecule has 0 spiro atoms. The van der Waals surface area contributed by atoms with Gasteiger partial charge in [-0.25, -0.2) is 4.79 Å². The number of aliphatic hydroxyl groups excluding tert-OH is 1. The van der Waals surface area contributed by atoms with Crippen LogP contribution in [0.15, 0.2) is 60.7 Å². The van der Waals surface area contributed by atoms with Crippen molar-refractivity contribution in [3.8, 4) is 0 Å². The summed E-state index contributed by atoms with van der Waals surface area (Å²) in [6, 6.07) is 18.7. The first kappa shape index (κ1) is 16.2. The van der Waals surface area contributed by atoms with E-state index in [2.05, 4.69) is 10.1 Å². The maximum Gasteiger partial charge on any atom is 0.336 e. The van der Waals surface area contributed by atoms with E-state index in [1.165, 1.54) is 7.11 Å². The molecule has 0 aliphatic rings. The lowest BCUT2D eigenvalue weighted by Crippen LogP contribution is -2.39. The van der Waals surface area contributed by atoms with Crippen molar-refractivity contribution in [2.75, 3.05) is 7.11 Å². The van der Waals surface area contributed by atoms with Gasteiger partial charge in [0.05, 0.1) is 13.2 Å². The number of rotatable bonds is 6. The van der Waals surface area contributed by atoms with Crippen molar-refractivity contribution in [2.45, 2.75) is 25.1 Å². The molecule has 0 aromatic heterocycles. The molecule has 116 valence electrons. The lowest BCUT2D eigenvalue weighted by molar-refractivity contribution is -0.152. The lowest BCUT2D eigenvalue weighted by atomic mass is 9.98. The quantitative estimate of drug-likeness (QED) is 0.805. The summed E-state index contributed by atoms with van der Waals surface area (Å²) in [6.07, 6.45) is -1.27. The molecule has 0 bridgehead atoms. The van der Waals surface area contributed by atoms with Gasteiger partial charge in [-0.3, -0.25) is 0 Å². The van der Waals surface area contributed by atoms with E-state index in [0.717, 1.165) is 11.1 Å². The second-order valence-electron chi connectivity index (χ2n) is 5.16.